The van der Waals surface area contributed by atoms with Crippen LogP contribution in [0.5, 0.6) is 0 Å². The summed E-state index contributed by atoms with van der Waals surface area (Å²) in [6.45, 7) is 2.27. The molecule has 0 atom stereocenters. The van der Waals surface area contributed by atoms with Gasteiger partial charge in [-0.2, -0.15) is 13.2 Å². The molecule has 0 aliphatic heterocycles. The van der Waals surface area contributed by atoms with Crippen molar-refractivity contribution < 1.29 is 37.7 Å². The van der Waals surface area contributed by atoms with E-state index in [-0.39, 0.29) is 6.42 Å². The number of hydrogen-bond acceptors (Lipinski definition) is 6. The van der Waals surface area contributed by atoms with Crippen molar-refractivity contribution in [2.45, 2.75) is 26.1 Å². The molecule has 0 aromatic carbocycles. The molecule has 0 aliphatic carbocycles. The normalized spacial score (nSPS) is 10.6. The quantitative estimate of drug-likeness (QED) is 0.758. The van der Waals surface area contributed by atoms with Crippen molar-refractivity contribution in [3.63, 3.8) is 0 Å². The van der Waals surface area contributed by atoms with Crippen molar-refractivity contribution in [2.24, 2.45) is 0 Å². The zero-order valence-electron chi connectivity index (χ0n) is 12.9. The Bertz CT molecular complexity index is 739. The van der Waals surface area contributed by atoms with Crippen molar-refractivity contribution in [3.05, 3.63) is 36.4 Å². The second kappa shape index (κ2) is 8.66. The Hall–Kier alpha value is -3.11. The van der Waals surface area contributed by atoms with Gasteiger partial charge in [-0.15, -0.1) is 0 Å². The first-order chi connectivity index (χ1) is 11.6. The van der Waals surface area contributed by atoms with Gasteiger partial charge in [-0.3, -0.25) is 4.79 Å². The minimum atomic E-state index is -5.19. The number of carboxylic acid groups (broad SMARTS) is 2. The van der Waals surface area contributed by atoms with E-state index in [2.05, 4.69) is 15.1 Å². The molecule has 0 spiro atoms. The number of nitrogens with zero attached hydrogens (tertiary/aromatic N) is 4. The predicted molar refractivity (Wildman–Crippen MR) is 73.5 cm³/mol. The first-order valence-corrected chi connectivity index (χ1v) is 6.75. The first-order valence-electron chi connectivity index (χ1n) is 6.75. The molecule has 0 unspecified atom stereocenters. The highest BCUT2D eigenvalue weighted by Crippen LogP contribution is 2.15. The van der Waals surface area contributed by atoms with Crippen molar-refractivity contribution in [1.29, 1.82) is 0 Å². The molecule has 2 aromatic rings. The first kappa shape index (κ1) is 19.9. The van der Waals surface area contributed by atoms with Gasteiger partial charge in [0, 0.05) is 18.0 Å². The monoisotopic (exact) mass is 358 g/mol. The van der Waals surface area contributed by atoms with Gasteiger partial charge in [0.05, 0.1) is 5.56 Å². The second-order valence-electron chi connectivity index (χ2n) is 4.63. The molecule has 0 bridgehead atoms. The fraction of sp³-hybridized carbons (Fsp3) is 0.286. The van der Waals surface area contributed by atoms with Gasteiger partial charge in [-0.05, 0) is 18.1 Å². The van der Waals surface area contributed by atoms with Crippen LogP contribution in [0.15, 0.2) is 30.9 Å². The Morgan fingerprint density at radius 1 is 1.28 bits per heavy atom. The third kappa shape index (κ3) is 6.89. The molecular weight excluding hydrogens is 345 g/mol. The molecule has 0 radical (unpaired) electrons. The lowest BCUT2D eigenvalue weighted by molar-refractivity contribution is -0.753. The van der Waals surface area contributed by atoms with E-state index in [1.54, 1.807) is 35.5 Å². The molecular formula is C14H13F3N4O4. The van der Waals surface area contributed by atoms with Gasteiger partial charge in [0.2, 0.25) is 0 Å². The van der Waals surface area contributed by atoms with E-state index in [4.69, 9.17) is 15.0 Å². The van der Waals surface area contributed by atoms with Crippen LogP contribution in [0.2, 0.25) is 0 Å². The number of hydrogen-bond donors (Lipinski definition) is 1. The lowest BCUT2D eigenvalue weighted by Gasteiger charge is -2.03. The topological polar surface area (TPSA) is 120 Å². The van der Waals surface area contributed by atoms with E-state index in [1.165, 1.54) is 0 Å². The molecule has 0 amide bonds. The molecule has 134 valence electrons. The van der Waals surface area contributed by atoms with Crippen molar-refractivity contribution >= 4 is 11.9 Å². The fourth-order valence-corrected chi connectivity index (χ4v) is 1.56. The van der Waals surface area contributed by atoms with Gasteiger partial charge in [-0.1, -0.05) is 4.68 Å². The van der Waals surface area contributed by atoms with E-state index in [9.17, 15) is 18.0 Å². The summed E-state index contributed by atoms with van der Waals surface area (Å²) in [7, 11) is 0. The maximum absolute atomic E-state index is 10.5. The van der Waals surface area contributed by atoms with Crippen LogP contribution in [-0.4, -0.2) is 38.3 Å². The molecule has 0 saturated heterocycles. The molecule has 2 heterocycles. The number of aliphatic carboxylic acids is 2. The Balaban J connectivity index is 0.000000381. The predicted octanol–water partition coefficient (Wildman–Crippen LogP) is -0.0922. The Labute approximate surface area is 139 Å². The van der Waals surface area contributed by atoms with Crippen LogP contribution in [0.4, 0.5) is 13.2 Å². The number of alkyl halides is 3. The van der Waals surface area contributed by atoms with Crippen LogP contribution in [0.1, 0.15) is 12.0 Å². The lowest BCUT2D eigenvalue weighted by Crippen LogP contribution is -2.39. The molecule has 2 rings (SSSR count). The minimum absolute atomic E-state index is 0.0539. The number of halogens is 3. The molecule has 1 N–H and O–H groups in total. The summed E-state index contributed by atoms with van der Waals surface area (Å²) < 4.78 is 33.2. The van der Waals surface area contributed by atoms with Gasteiger partial charge in [0.15, 0.2) is 18.6 Å². The maximum atomic E-state index is 10.5. The van der Waals surface area contributed by atoms with Gasteiger partial charge in [0.1, 0.15) is 18.6 Å². The highest BCUT2D eigenvalue weighted by Gasteiger charge is 2.28. The zero-order chi connectivity index (χ0) is 19.0. The van der Waals surface area contributed by atoms with Crippen molar-refractivity contribution in [3.8, 4) is 11.4 Å². The van der Waals surface area contributed by atoms with E-state index < -0.39 is 18.1 Å². The zero-order valence-corrected chi connectivity index (χ0v) is 12.9. The summed E-state index contributed by atoms with van der Waals surface area (Å²) in [5, 5.41) is 21.6. The van der Waals surface area contributed by atoms with Crippen LogP contribution >= 0.6 is 0 Å². The number of rotatable bonds is 4. The van der Waals surface area contributed by atoms with E-state index >= 15 is 0 Å². The summed E-state index contributed by atoms with van der Waals surface area (Å²) in [6.07, 6.45) is 1.67. The Kier molecular flexibility index (Phi) is 6.91. The molecule has 8 nitrogen and oxygen atoms in total. The Morgan fingerprint density at radius 2 is 1.84 bits per heavy atom. The smallest absolute Gasteiger partial charge is 0.430 e. The number of carbonyl (C=O) groups is 2. The average molecular weight is 358 g/mol. The molecule has 2 aromatic heterocycles. The summed E-state index contributed by atoms with van der Waals surface area (Å²) >= 11 is 0. The third-order valence-corrected chi connectivity index (χ3v) is 2.70. The van der Waals surface area contributed by atoms with Crippen molar-refractivity contribution in [2.75, 3.05) is 0 Å². The van der Waals surface area contributed by atoms with Crippen LogP contribution in [-0.2, 0) is 16.1 Å². The van der Waals surface area contributed by atoms with Crippen LogP contribution in [0.3, 0.4) is 0 Å². The molecule has 0 fully saturated rings. The molecule has 0 saturated carbocycles. The van der Waals surface area contributed by atoms with Gasteiger partial charge in [0.25, 0.3) is 0 Å². The minimum Gasteiger partial charge on any atom is -0.542 e. The summed E-state index contributed by atoms with van der Waals surface area (Å²) in [5.41, 5.74) is 1.81. The lowest BCUT2D eigenvalue weighted by atomic mass is 10.2. The number of aromatic nitrogens is 4. The number of carboxylic acids is 2. The SMILES string of the molecule is Cc1c[n+](CCC(=O)O)ncc1-c1ncccn1.O=C([O-])C(F)(F)F. The largest absolute Gasteiger partial charge is 0.542 e. The van der Waals surface area contributed by atoms with Gasteiger partial charge >= 0.3 is 12.1 Å². The average Bonchev–Trinajstić information content (AvgIpc) is 2.53. The number of carbonyl (C=O) groups excluding carboxylic acids is 1. The standard InChI is InChI=1S/C12H12N4O2.C2HF3O2/c1-9-8-16(6-3-11(17)18)15-7-10(9)12-13-4-2-5-14-12;3-2(4,5)1(6)7/h2,4-5,7-8H,3,6H2,1H3;(H,6,7). The summed E-state index contributed by atoms with van der Waals surface area (Å²) in [5.74, 6) is -3.22. The van der Waals surface area contributed by atoms with Crippen LogP contribution < -0.4 is 9.79 Å². The van der Waals surface area contributed by atoms with Crippen LogP contribution in [0.25, 0.3) is 11.4 Å². The van der Waals surface area contributed by atoms with Gasteiger partial charge in [-0.25, -0.2) is 9.97 Å². The maximum Gasteiger partial charge on any atom is 0.430 e. The van der Waals surface area contributed by atoms with Gasteiger partial charge < -0.3 is 15.0 Å². The third-order valence-electron chi connectivity index (χ3n) is 2.70. The molecule has 0 aliphatic rings. The van der Waals surface area contributed by atoms with E-state index in [0.717, 1.165) is 11.1 Å². The van der Waals surface area contributed by atoms with E-state index in [1.807, 2.05) is 6.92 Å². The van der Waals surface area contributed by atoms with E-state index in [0.29, 0.717) is 12.4 Å². The van der Waals surface area contributed by atoms with Crippen LogP contribution in [0, 0.1) is 6.92 Å². The highest BCUT2D eigenvalue weighted by molar-refractivity contribution is 5.70. The summed E-state index contributed by atoms with van der Waals surface area (Å²) in [6, 6.07) is 1.75. The summed E-state index contributed by atoms with van der Waals surface area (Å²) in [4.78, 5) is 27.6. The Morgan fingerprint density at radius 3 is 2.28 bits per heavy atom. The number of aryl methyl sites for hydroxylation is 2. The molecule has 25 heavy (non-hydrogen) atoms. The highest BCUT2D eigenvalue weighted by atomic mass is 19.4. The fourth-order valence-electron chi connectivity index (χ4n) is 1.56. The van der Waals surface area contributed by atoms with Crippen molar-refractivity contribution in [1.82, 2.24) is 15.1 Å². The second-order valence-corrected chi connectivity index (χ2v) is 4.63. The molecule has 11 heteroatoms.